The van der Waals surface area contributed by atoms with E-state index in [1.165, 1.54) is 11.8 Å². The summed E-state index contributed by atoms with van der Waals surface area (Å²) in [5.74, 6) is -0.412. The van der Waals surface area contributed by atoms with Gasteiger partial charge in [0.1, 0.15) is 24.3 Å². The Hall–Kier alpha value is -3.28. The molecule has 1 aliphatic carbocycles. The number of nitrogens with one attached hydrogen (secondary N) is 1. The lowest BCUT2D eigenvalue weighted by atomic mass is 9.97. The van der Waals surface area contributed by atoms with Crippen molar-refractivity contribution in [2.75, 3.05) is 19.0 Å². The Kier molecular flexibility index (Phi) is 12.9. The summed E-state index contributed by atoms with van der Waals surface area (Å²) in [5, 5.41) is 2.81. The summed E-state index contributed by atoms with van der Waals surface area (Å²) >= 11 is 19.4. The first-order valence-electron chi connectivity index (χ1n) is 16.7. The van der Waals surface area contributed by atoms with E-state index in [9.17, 15) is 9.59 Å². The van der Waals surface area contributed by atoms with E-state index < -0.39 is 45.6 Å². The second-order valence-corrected chi connectivity index (χ2v) is 15.8. The molecule has 51 heavy (non-hydrogen) atoms. The number of rotatable bonds is 13. The van der Waals surface area contributed by atoms with Crippen LogP contribution in [0.3, 0.4) is 0 Å². The van der Waals surface area contributed by atoms with E-state index in [4.69, 9.17) is 58.5 Å². The smallest absolute Gasteiger partial charge is 0.433 e. The number of hydrogen-bond donors (Lipinski definition) is 1. The Morgan fingerprint density at radius 1 is 0.765 bits per heavy atom. The van der Waals surface area contributed by atoms with Gasteiger partial charge in [-0.05, 0) is 39.1 Å². The van der Waals surface area contributed by atoms with Crippen molar-refractivity contribution in [2.24, 2.45) is 0 Å². The van der Waals surface area contributed by atoms with E-state index >= 15 is 0 Å². The molecule has 2 aliphatic rings. The number of carbonyl (C=O) groups is 2. The van der Waals surface area contributed by atoms with Gasteiger partial charge in [0.15, 0.2) is 6.10 Å². The minimum Gasteiger partial charge on any atom is -0.433 e. The van der Waals surface area contributed by atoms with Crippen molar-refractivity contribution in [3.05, 3.63) is 131 Å². The van der Waals surface area contributed by atoms with Crippen molar-refractivity contribution in [3.63, 3.8) is 0 Å². The fourth-order valence-corrected chi connectivity index (χ4v) is 7.58. The van der Waals surface area contributed by atoms with Gasteiger partial charge in [0.05, 0.1) is 25.9 Å². The lowest BCUT2D eigenvalue weighted by Gasteiger charge is -2.46. The number of carbonyl (C=O) groups excluding carboxylic acids is 2. The zero-order valence-corrected chi connectivity index (χ0v) is 30.9. The first kappa shape index (κ1) is 37.5. The molecule has 268 valence electrons. The molecule has 1 saturated heterocycles. The van der Waals surface area contributed by atoms with Gasteiger partial charge in [0.2, 0.25) is 0 Å². The van der Waals surface area contributed by atoms with Crippen LogP contribution in [-0.4, -0.2) is 64.6 Å². The monoisotopic (exact) mass is 769 g/mol. The van der Waals surface area contributed by atoms with Crippen LogP contribution in [0.4, 0.5) is 4.79 Å². The molecular weight excluding hydrogens is 733 g/mol. The van der Waals surface area contributed by atoms with Crippen LogP contribution in [0.5, 0.6) is 0 Å². The standard InChI is InChI=1S/C39H38Cl3NO7S/c1-2-51-36-33(43-37(44)39(40,41)42)35(47-22-26-15-7-4-8-16-26)34(32(49-36)24-46-21-25-13-5-3-6-14-25)50-38(45)48-23-31-29-19-11-9-17-27(29)28-18-10-12-20-30(28)31/h3-20,31-36H,2,21-24H2,1H3,(H,43,44). The van der Waals surface area contributed by atoms with Crippen LogP contribution in [-0.2, 0) is 41.7 Å². The fraction of sp³-hybridized carbons (Fsp3) is 0.333. The summed E-state index contributed by atoms with van der Waals surface area (Å²) in [6.45, 7) is 2.49. The number of amides is 1. The Morgan fingerprint density at radius 3 is 1.92 bits per heavy atom. The number of ether oxygens (including phenoxy) is 5. The third kappa shape index (κ3) is 9.40. The zero-order chi connectivity index (χ0) is 35.8. The molecule has 1 amide bonds. The Labute approximate surface area is 317 Å². The summed E-state index contributed by atoms with van der Waals surface area (Å²) in [4.78, 5) is 26.8. The third-order valence-electron chi connectivity index (χ3n) is 8.77. The lowest BCUT2D eigenvalue weighted by molar-refractivity contribution is -0.201. The molecule has 4 aromatic rings. The molecular formula is C39H38Cl3NO7S. The van der Waals surface area contributed by atoms with Gasteiger partial charge in [-0.1, -0.05) is 151 Å². The first-order chi connectivity index (χ1) is 24.7. The van der Waals surface area contributed by atoms with Crippen LogP contribution in [0.1, 0.15) is 35.1 Å². The molecule has 5 unspecified atom stereocenters. The SMILES string of the molecule is CCSC1OC(COCc2ccccc2)C(OC(=O)OCC2c3ccccc3-c3ccccc32)C(OCc2ccccc2)C1NC(=O)C(Cl)(Cl)Cl. The van der Waals surface area contributed by atoms with Gasteiger partial charge in [-0.2, -0.15) is 0 Å². The topological polar surface area (TPSA) is 92.3 Å². The van der Waals surface area contributed by atoms with Crippen LogP contribution < -0.4 is 5.32 Å². The molecule has 0 aromatic heterocycles. The van der Waals surface area contributed by atoms with Gasteiger partial charge >= 0.3 is 6.16 Å². The highest BCUT2D eigenvalue weighted by Crippen LogP contribution is 2.44. The molecule has 0 spiro atoms. The van der Waals surface area contributed by atoms with Gasteiger partial charge < -0.3 is 29.0 Å². The van der Waals surface area contributed by atoms with E-state index in [0.29, 0.717) is 12.4 Å². The second-order valence-electron chi connectivity index (χ2n) is 12.1. The van der Waals surface area contributed by atoms with Crippen LogP contribution in [0.15, 0.2) is 109 Å². The van der Waals surface area contributed by atoms with Gasteiger partial charge in [-0.25, -0.2) is 4.79 Å². The lowest BCUT2D eigenvalue weighted by Crippen LogP contribution is -2.66. The summed E-state index contributed by atoms with van der Waals surface area (Å²) in [6, 6.07) is 34.5. The van der Waals surface area contributed by atoms with Crippen molar-refractivity contribution in [3.8, 4) is 11.1 Å². The van der Waals surface area contributed by atoms with E-state index in [1.54, 1.807) is 0 Å². The van der Waals surface area contributed by atoms with Crippen molar-refractivity contribution in [1.82, 2.24) is 5.32 Å². The van der Waals surface area contributed by atoms with Crippen molar-refractivity contribution in [1.29, 1.82) is 0 Å². The highest BCUT2D eigenvalue weighted by Gasteiger charge is 2.51. The Balaban J connectivity index is 1.27. The van der Waals surface area contributed by atoms with E-state index in [2.05, 4.69) is 17.4 Å². The van der Waals surface area contributed by atoms with E-state index in [0.717, 1.165) is 33.4 Å². The van der Waals surface area contributed by atoms with Gasteiger partial charge in [-0.15, -0.1) is 11.8 Å². The van der Waals surface area contributed by atoms with Gasteiger partial charge in [0, 0.05) is 5.92 Å². The molecule has 1 aliphatic heterocycles. The van der Waals surface area contributed by atoms with Crippen molar-refractivity contribution in [2.45, 2.75) is 59.6 Å². The average molecular weight is 771 g/mol. The van der Waals surface area contributed by atoms with Crippen LogP contribution in [0.25, 0.3) is 11.1 Å². The molecule has 0 saturated carbocycles. The highest BCUT2D eigenvalue weighted by molar-refractivity contribution is 7.99. The Bertz CT molecular complexity index is 1720. The second kappa shape index (κ2) is 17.5. The summed E-state index contributed by atoms with van der Waals surface area (Å²) in [6.07, 6.45) is -3.76. The maximum absolute atomic E-state index is 13.7. The predicted octanol–water partition coefficient (Wildman–Crippen LogP) is 8.46. The summed E-state index contributed by atoms with van der Waals surface area (Å²) in [5.41, 5.74) is 5.51. The number of fused-ring (bicyclic) bond motifs is 3. The maximum Gasteiger partial charge on any atom is 0.508 e. The molecule has 8 nitrogen and oxygen atoms in total. The molecule has 6 rings (SSSR count). The van der Waals surface area contributed by atoms with Crippen molar-refractivity contribution < 1.29 is 33.3 Å². The average Bonchev–Trinajstić information content (AvgIpc) is 3.46. The molecule has 1 N–H and O–H groups in total. The third-order valence-corrected chi connectivity index (χ3v) is 10.4. The number of halogens is 3. The molecule has 4 aromatic carbocycles. The zero-order valence-electron chi connectivity index (χ0n) is 27.8. The maximum atomic E-state index is 13.7. The molecule has 1 fully saturated rings. The number of alkyl halides is 3. The molecule has 0 radical (unpaired) electrons. The number of thioether (sulfide) groups is 1. The quantitative estimate of drug-likeness (QED) is 0.107. The molecule has 5 atom stereocenters. The molecule has 12 heteroatoms. The summed E-state index contributed by atoms with van der Waals surface area (Å²) in [7, 11) is 0. The molecule has 1 heterocycles. The van der Waals surface area contributed by atoms with Crippen LogP contribution in [0.2, 0.25) is 0 Å². The fourth-order valence-electron chi connectivity index (χ4n) is 6.44. The Morgan fingerprint density at radius 2 is 1.33 bits per heavy atom. The van der Waals surface area contributed by atoms with E-state index in [1.807, 2.05) is 104 Å². The minimum absolute atomic E-state index is 0.0485. The number of benzene rings is 4. The highest BCUT2D eigenvalue weighted by atomic mass is 35.6. The van der Waals surface area contributed by atoms with Crippen molar-refractivity contribution >= 4 is 58.6 Å². The van der Waals surface area contributed by atoms with Crippen LogP contribution in [0, 0.1) is 0 Å². The van der Waals surface area contributed by atoms with Gasteiger partial charge in [-0.3, -0.25) is 4.79 Å². The minimum atomic E-state index is -2.26. The summed E-state index contributed by atoms with van der Waals surface area (Å²) < 4.78 is 28.9. The van der Waals surface area contributed by atoms with E-state index in [-0.39, 0.29) is 25.7 Å². The predicted molar refractivity (Wildman–Crippen MR) is 200 cm³/mol. The van der Waals surface area contributed by atoms with Crippen LogP contribution >= 0.6 is 46.6 Å². The first-order valence-corrected chi connectivity index (χ1v) is 18.8. The molecule has 0 bridgehead atoms. The van der Waals surface area contributed by atoms with Gasteiger partial charge in [0.25, 0.3) is 9.70 Å². The largest absolute Gasteiger partial charge is 0.508 e. The number of hydrogen-bond acceptors (Lipinski definition) is 8. The normalized spacial score (nSPS) is 21.4.